The second kappa shape index (κ2) is 7.93. The van der Waals surface area contributed by atoms with Crippen molar-refractivity contribution in [2.75, 3.05) is 5.32 Å². The van der Waals surface area contributed by atoms with E-state index in [1.54, 1.807) is 0 Å². The number of benzene rings is 1. The number of amides is 1. The predicted octanol–water partition coefficient (Wildman–Crippen LogP) is 3.51. The van der Waals surface area contributed by atoms with Crippen LogP contribution in [0.1, 0.15) is 18.1 Å². The van der Waals surface area contributed by atoms with Crippen LogP contribution in [0.5, 0.6) is 0 Å². The van der Waals surface area contributed by atoms with Crippen LogP contribution < -0.4 is 5.32 Å². The number of hydrogen-bond donors (Lipinski definition) is 1. The van der Waals surface area contributed by atoms with Crippen molar-refractivity contribution in [3.63, 3.8) is 0 Å². The summed E-state index contributed by atoms with van der Waals surface area (Å²) in [4.78, 5) is 30.0. The molecule has 0 aliphatic rings. The van der Waals surface area contributed by atoms with E-state index < -0.39 is 23.9 Å². The zero-order chi connectivity index (χ0) is 19.3. The van der Waals surface area contributed by atoms with Crippen LogP contribution in [0.3, 0.4) is 0 Å². The van der Waals surface area contributed by atoms with Gasteiger partial charge in [0.2, 0.25) is 5.91 Å². The average Bonchev–Trinajstić information content (AvgIpc) is 2.38. The summed E-state index contributed by atoms with van der Waals surface area (Å²) in [5.41, 5.74) is 3.21. The van der Waals surface area contributed by atoms with Gasteiger partial charge in [-0.2, -0.15) is 26.3 Å². The smallest absolute Gasteiger partial charge is 0.326 e. The van der Waals surface area contributed by atoms with E-state index in [1.165, 1.54) is 12.5 Å². The quantitative estimate of drug-likeness (QED) is 0.651. The standard InChI is InChI=1S/C10H13NO.C4F6O2/c1-7-4-5-10(8(2)6-7)11-9(3)12;5-3(6,7)1(11)2(12)4(8,9)10/h4-6H,1-3H3,(H,11,12);. The van der Waals surface area contributed by atoms with Crippen molar-refractivity contribution in [1.82, 2.24) is 0 Å². The molecule has 0 radical (unpaired) electrons. The molecule has 4 nitrogen and oxygen atoms in total. The molecule has 10 heteroatoms. The molecule has 1 amide bonds. The summed E-state index contributed by atoms with van der Waals surface area (Å²) in [5.74, 6) is -6.84. The van der Waals surface area contributed by atoms with Crippen LogP contribution in [0.25, 0.3) is 0 Å². The first kappa shape index (κ1) is 21.6. The van der Waals surface area contributed by atoms with E-state index in [2.05, 4.69) is 5.32 Å². The first-order valence-corrected chi connectivity index (χ1v) is 6.23. The SMILES string of the molecule is CC(=O)Nc1ccc(C)cc1C.O=C(C(=O)C(F)(F)F)C(F)(F)F. The summed E-state index contributed by atoms with van der Waals surface area (Å²) in [6, 6.07) is 5.95. The lowest BCUT2D eigenvalue weighted by Gasteiger charge is -2.06. The van der Waals surface area contributed by atoms with E-state index in [0.717, 1.165) is 11.3 Å². The van der Waals surface area contributed by atoms with E-state index >= 15 is 0 Å². The normalized spacial score (nSPS) is 11.2. The Morgan fingerprint density at radius 2 is 1.29 bits per heavy atom. The maximum Gasteiger partial charge on any atom is 0.458 e. The monoisotopic (exact) mass is 357 g/mol. The lowest BCUT2D eigenvalue weighted by Crippen LogP contribution is -2.39. The number of carbonyl (C=O) groups is 3. The van der Waals surface area contributed by atoms with Crippen molar-refractivity contribution in [3.05, 3.63) is 29.3 Å². The van der Waals surface area contributed by atoms with Crippen LogP contribution in [-0.2, 0) is 14.4 Å². The lowest BCUT2D eigenvalue weighted by atomic mass is 10.1. The summed E-state index contributed by atoms with van der Waals surface area (Å²) in [7, 11) is 0. The van der Waals surface area contributed by atoms with Gasteiger partial charge in [-0.25, -0.2) is 0 Å². The van der Waals surface area contributed by atoms with Crippen molar-refractivity contribution in [2.24, 2.45) is 0 Å². The van der Waals surface area contributed by atoms with E-state index in [9.17, 15) is 40.7 Å². The van der Waals surface area contributed by atoms with E-state index in [4.69, 9.17) is 0 Å². The van der Waals surface area contributed by atoms with Crippen molar-refractivity contribution in [1.29, 1.82) is 0 Å². The van der Waals surface area contributed by atoms with Gasteiger partial charge in [0, 0.05) is 12.6 Å². The molecule has 0 fully saturated rings. The molecule has 0 saturated heterocycles. The molecule has 0 spiro atoms. The molecule has 134 valence electrons. The van der Waals surface area contributed by atoms with Gasteiger partial charge in [0.1, 0.15) is 0 Å². The molecule has 0 unspecified atom stereocenters. The lowest BCUT2D eigenvalue weighted by molar-refractivity contribution is -0.193. The molecule has 1 N–H and O–H groups in total. The molecule has 24 heavy (non-hydrogen) atoms. The number of anilines is 1. The van der Waals surface area contributed by atoms with Crippen molar-refractivity contribution in [3.8, 4) is 0 Å². The molecule has 1 aromatic rings. The molecule has 0 bridgehead atoms. The summed E-state index contributed by atoms with van der Waals surface area (Å²) >= 11 is 0. The molecule has 0 aromatic heterocycles. The average molecular weight is 357 g/mol. The fourth-order valence-corrected chi connectivity index (χ4v) is 1.40. The van der Waals surface area contributed by atoms with Crippen LogP contribution >= 0.6 is 0 Å². The number of hydrogen-bond acceptors (Lipinski definition) is 3. The number of halogens is 6. The molecule has 0 heterocycles. The Labute approximate surface area is 132 Å². The maximum absolute atomic E-state index is 11.2. The highest BCUT2D eigenvalue weighted by atomic mass is 19.4. The minimum atomic E-state index is -5.77. The Morgan fingerprint density at radius 3 is 1.58 bits per heavy atom. The number of aryl methyl sites for hydroxylation is 2. The highest BCUT2D eigenvalue weighted by molar-refractivity contribution is 6.41. The van der Waals surface area contributed by atoms with Gasteiger partial charge in [-0.3, -0.25) is 14.4 Å². The number of rotatable bonds is 2. The number of Topliss-reactive ketones (excluding diaryl/α,β-unsaturated/α-hetero) is 2. The van der Waals surface area contributed by atoms with E-state index in [-0.39, 0.29) is 5.91 Å². The van der Waals surface area contributed by atoms with E-state index in [0.29, 0.717) is 0 Å². The molecular weight excluding hydrogens is 344 g/mol. The summed E-state index contributed by atoms with van der Waals surface area (Å²) in [6.45, 7) is 5.53. The highest BCUT2D eigenvalue weighted by Crippen LogP contribution is 2.24. The Hall–Kier alpha value is -2.39. The number of ketones is 2. The number of alkyl halides is 6. The maximum atomic E-state index is 11.2. The van der Waals surface area contributed by atoms with Crippen LogP contribution in [0, 0.1) is 13.8 Å². The second-order valence-corrected chi connectivity index (χ2v) is 4.65. The summed E-state index contributed by atoms with van der Waals surface area (Å²) in [6.07, 6.45) is -11.5. The Kier molecular flexibility index (Phi) is 7.14. The molecule has 0 aliphatic heterocycles. The first-order chi connectivity index (χ1) is 10.7. The van der Waals surface area contributed by atoms with Crippen molar-refractivity contribution >= 4 is 23.2 Å². The van der Waals surface area contributed by atoms with Gasteiger partial charge < -0.3 is 5.32 Å². The van der Waals surface area contributed by atoms with Gasteiger partial charge in [0.05, 0.1) is 0 Å². The second-order valence-electron chi connectivity index (χ2n) is 4.65. The molecular formula is C14H13F6NO3. The first-order valence-electron chi connectivity index (χ1n) is 6.23. The van der Waals surface area contributed by atoms with Crippen LogP contribution in [-0.4, -0.2) is 29.8 Å². The Bertz CT molecular complexity index is 610. The van der Waals surface area contributed by atoms with Crippen LogP contribution in [0.2, 0.25) is 0 Å². The zero-order valence-electron chi connectivity index (χ0n) is 12.7. The summed E-state index contributed by atoms with van der Waals surface area (Å²) in [5, 5.41) is 2.76. The highest BCUT2D eigenvalue weighted by Gasteiger charge is 2.54. The van der Waals surface area contributed by atoms with Crippen LogP contribution in [0.15, 0.2) is 18.2 Å². The minimum absolute atomic E-state index is 0.0260. The summed E-state index contributed by atoms with van der Waals surface area (Å²) < 4.78 is 67.0. The third-order valence-corrected chi connectivity index (χ3v) is 2.41. The molecule has 1 aromatic carbocycles. The van der Waals surface area contributed by atoms with Crippen LogP contribution in [0.4, 0.5) is 32.0 Å². The van der Waals surface area contributed by atoms with Gasteiger partial charge in [-0.15, -0.1) is 0 Å². The number of carbonyl (C=O) groups excluding carboxylic acids is 3. The van der Waals surface area contributed by atoms with Gasteiger partial charge >= 0.3 is 23.9 Å². The third kappa shape index (κ3) is 7.25. The largest absolute Gasteiger partial charge is 0.458 e. The van der Waals surface area contributed by atoms with Crippen molar-refractivity contribution < 1.29 is 40.7 Å². The zero-order valence-corrected chi connectivity index (χ0v) is 12.7. The number of nitrogens with one attached hydrogen (secondary N) is 1. The molecule has 0 aliphatic carbocycles. The Balaban J connectivity index is 0.000000441. The predicted molar refractivity (Wildman–Crippen MR) is 72.3 cm³/mol. The molecule has 0 saturated carbocycles. The van der Waals surface area contributed by atoms with Gasteiger partial charge in [-0.05, 0) is 25.5 Å². The Morgan fingerprint density at radius 1 is 0.875 bits per heavy atom. The fourth-order valence-electron chi connectivity index (χ4n) is 1.40. The topological polar surface area (TPSA) is 63.2 Å². The van der Waals surface area contributed by atoms with Crippen molar-refractivity contribution in [2.45, 2.75) is 33.1 Å². The third-order valence-electron chi connectivity index (χ3n) is 2.41. The van der Waals surface area contributed by atoms with Gasteiger partial charge in [-0.1, -0.05) is 17.7 Å². The van der Waals surface area contributed by atoms with Gasteiger partial charge in [0.25, 0.3) is 0 Å². The molecule has 0 atom stereocenters. The minimum Gasteiger partial charge on any atom is -0.326 e. The van der Waals surface area contributed by atoms with Gasteiger partial charge in [0.15, 0.2) is 0 Å². The molecule has 1 rings (SSSR count). The van der Waals surface area contributed by atoms with E-state index in [1.807, 2.05) is 32.0 Å². The fraction of sp³-hybridized carbons (Fsp3) is 0.357.